The molecule has 0 aliphatic rings. The Labute approximate surface area is 241 Å². The summed E-state index contributed by atoms with van der Waals surface area (Å²) < 4.78 is 22.1. The van der Waals surface area contributed by atoms with Crippen LogP contribution in [0.25, 0.3) is 0 Å². The van der Waals surface area contributed by atoms with Crippen molar-refractivity contribution < 1.29 is 42.9 Å². The molecule has 3 atom stereocenters. The van der Waals surface area contributed by atoms with E-state index in [-0.39, 0.29) is 28.5 Å². The normalized spacial score (nSPS) is 12.6. The van der Waals surface area contributed by atoms with Crippen LogP contribution in [0.2, 0.25) is 0 Å². The van der Waals surface area contributed by atoms with E-state index in [0.717, 1.165) is 0 Å². The van der Waals surface area contributed by atoms with Crippen LogP contribution in [0.5, 0.6) is 0 Å². The molecule has 4 rings (SSSR count). The lowest BCUT2D eigenvalue weighted by Gasteiger charge is -2.30. The van der Waals surface area contributed by atoms with Gasteiger partial charge in [0.05, 0.1) is 22.3 Å². The molecule has 0 N–H and O–H groups in total. The first kappa shape index (κ1) is 29.4. The summed E-state index contributed by atoms with van der Waals surface area (Å²) in [5.74, 6) is -3.38. The fourth-order valence-electron chi connectivity index (χ4n) is 3.85. The first-order valence-electron chi connectivity index (χ1n) is 12.9. The standard InChI is InChI=1S/C33H26O9/c34-21-27(40-31(36)24-15-7-2-8-16-24)29(42-33(38)26-19-11-4-12-20-26)28(41-32(37)25-17-9-3-10-18-25)22-39-30(35)23-13-5-1-6-14-23/h1-21,27-29H,22H2/t27-,28-,29+/m1/s1. The predicted octanol–water partition coefficient (Wildman–Crippen LogP) is 4.72. The molecule has 0 unspecified atom stereocenters. The van der Waals surface area contributed by atoms with Crippen molar-refractivity contribution in [3.05, 3.63) is 144 Å². The minimum Gasteiger partial charge on any atom is -0.458 e. The maximum atomic E-state index is 13.1. The Bertz CT molecular complexity index is 1490. The molecule has 0 saturated carbocycles. The monoisotopic (exact) mass is 566 g/mol. The maximum absolute atomic E-state index is 13.1. The van der Waals surface area contributed by atoms with Gasteiger partial charge in [0, 0.05) is 0 Å². The molecule has 9 nitrogen and oxygen atoms in total. The smallest absolute Gasteiger partial charge is 0.338 e. The number of rotatable bonds is 12. The lowest BCUT2D eigenvalue weighted by molar-refractivity contribution is -0.132. The van der Waals surface area contributed by atoms with Gasteiger partial charge in [-0.15, -0.1) is 0 Å². The molecule has 42 heavy (non-hydrogen) atoms. The summed E-state index contributed by atoms with van der Waals surface area (Å²) in [4.78, 5) is 64.2. The van der Waals surface area contributed by atoms with Crippen LogP contribution < -0.4 is 0 Å². The Morgan fingerprint density at radius 3 is 1.26 bits per heavy atom. The van der Waals surface area contributed by atoms with Gasteiger partial charge in [-0.1, -0.05) is 72.8 Å². The molecular weight excluding hydrogens is 540 g/mol. The van der Waals surface area contributed by atoms with E-state index in [0.29, 0.717) is 0 Å². The molecule has 0 bridgehead atoms. The lowest BCUT2D eigenvalue weighted by Crippen LogP contribution is -2.48. The van der Waals surface area contributed by atoms with Crippen molar-refractivity contribution in [2.75, 3.05) is 6.61 Å². The molecule has 9 heteroatoms. The number of ether oxygens (including phenoxy) is 4. The summed E-state index contributed by atoms with van der Waals surface area (Å²) in [6.45, 7) is -0.633. The SMILES string of the molecule is O=C[C@@H](OC(=O)c1ccccc1)[C@H](OC(=O)c1ccccc1)[C@@H](COC(=O)c1ccccc1)OC(=O)c1ccccc1. The van der Waals surface area contributed by atoms with E-state index in [9.17, 15) is 24.0 Å². The van der Waals surface area contributed by atoms with Crippen LogP contribution in [0.4, 0.5) is 0 Å². The molecule has 0 amide bonds. The topological polar surface area (TPSA) is 122 Å². The zero-order valence-electron chi connectivity index (χ0n) is 22.2. The quantitative estimate of drug-likeness (QED) is 0.136. The van der Waals surface area contributed by atoms with E-state index < -0.39 is 48.8 Å². The Morgan fingerprint density at radius 2 is 0.857 bits per heavy atom. The summed E-state index contributed by atoms with van der Waals surface area (Å²) in [7, 11) is 0. The predicted molar refractivity (Wildman–Crippen MR) is 150 cm³/mol. The van der Waals surface area contributed by atoms with Gasteiger partial charge < -0.3 is 18.9 Å². The molecule has 0 fully saturated rings. The fourth-order valence-corrected chi connectivity index (χ4v) is 3.85. The zero-order valence-corrected chi connectivity index (χ0v) is 22.2. The third-order valence-corrected chi connectivity index (χ3v) is 5.99. The largest absolute Gasteiger partial charge is 0.458 e. The van der Waals surface area contributed by atoms with Crippen molar-refractivity contribution in [1.29, 1.82) is 0 Å². The molecule has 0 aliphatic heterocycles. The van der Waals surface area contributed by atoms with E-state index >= 15 is 0 Å². The van der Waals surface area contributed by atoms with Gasteiger partial charge in [-0.05, 0) is 48.5 Å². The average molecular weight is 567 g/mol. The molecule has 0 radical (unpaired) electrons. The number of benzene rings is 4. The molecule has 0 aliphatic carbocycles. The van der Waals surface area contributed by atoms with Crippen LogP contribution in [0.1, 0.15) is 41.4 Å². The molecule has 0 spiro atoms. The Kier molecular flexibility index (Phi) is 10.3. The van der Waals surface area contributed by atoms with Crippen molar-refractivity contribution in [2.24, 2.45) is 0 Å². The number of carbonyl (C=O) groups excluding carboxylic acids is 5. The van der Waals surface area contributed by atoms with Gasteiger partial charge in [-0.2, -0.15) is 0 Å². The van der Waals surface area contributed by atoms with E-state index in [2.05, 4.69) is 0 Å². The highest BCUT2D eigenvalue weighted by atomic mass is 16.6. The first-order valence-corrected chi connectivity index (χ1v) is 12.9. The van der Waals surface area contributed by atoms with Gasteiger partial charge in [0.1, 0.15) is 6.61 Å². The number of hydrogen-bond acceptors (Lipinski definition) is 9. The Morgan fingerprint density at radius 1 is 0.500 bits per heavy atom. The molecule has 212 valence electrons. The van der Waals surface area contributed by atoms with Crippen LogP contribution >= 0.6 is 0 Å². The second kappa shape index (κ2) is 14.7. The van der Waals surface area contributed by atoms with Gasteiger partial charge in [0.25, 0.3) is 0 Å². The third-order valence-electron chi connectivity index (χ3n) is 5.99. The Hall–Kier alpha value is -5.57. The van der Waals surface area contributed by atoms with Crippen molar-refractivity contribution in [1.82, 2.24) is 0 Å². The minimum atomic E-state index is -1.74. The van der Waals surface area contributed by atoms with Crippen LogP contribution in [0.3, 0.4) is 0 Å². The lowest BCUT2D eigenvalue weighted by atomic mass is 10.1. The third kappa shape index (κ3) is 7.98. The van der Waals surface area contributed by atoms with E-state index in [4.69, 9.17) is 18.9 Å². The van der Waals surface area contributed by atoms with Gasteiger partial charge in [-0.3, -0.25) is 4.79 Å². The van der Waals surface area contributed by atoms with E-state index in [1.165, 1.54) is 48.5 Å². The number of hydrogen-bond donors (Lipinski definition) is 0. The van der Waals surface area contributed by atoms with E-state index in [1.54, 1.807) is 72.8 Å². The van der Waals surface area contributed by atoms with Crippen LogP contribution in [-0.4, -0.2) is 55.1 Å². The molecule has 4 aromatic carbocycles. The van der Waals surface area contributed by atoms with Crippen LogP contribution in [0.15, 0.2) is 121 Å². The summed E-state index contributed by atoms with van der Waals surface area (Å²) in [6.07, 6.45) is -4.74. The summed E-state index contributed by atoms with van der Waals surface area (Å²) in [5.41, 5.74) is 0.613. The highest BCUT2D eigenvalue weighted by molar-refractivity contribution is 5.92. The van der Waals surface area contributed by atoms with Crippen LogP contribution in [0, 0.1) is 0 Å². The van der Waals surface area contributed by atoms with Gasteiger partial charge in [0.2, 0.25) is 0 Å². The molecule has 0 saturated heterocycles. The van der Waals surface area contributed by atoms with Crippen molar-refractivity contribution in [2.45, 2.75) is 18.3 Å². The summed E-state index contributed by atoms with van der Waals surface area (Å²) >= 11 is 0. The fraction of sp³-hybridized carbons (Fsp3) is 0.121. The molecule has 4 aromatic rings. The van der Waals surface area contributed by atoms with Crippen molar-refractivity contribution in [3.8, 4) is 0 Å². The maximum Gasteiger partial charge on any atom is 0.338 e. The van der Waals surface area contributed by atoms with Crippen LogP contribution in [-0.2, 0) is 23.7 Å². The molecule has 0 aromatic heterocycles. The molecular formula is C33H26O9. The zero-order chi connectivity index (χ0) is 29.7. The number of aldehydes is 1. The number of esters is 4. The van der Waals surface area contributed by atoms with Gasteiger partial charge in [0.15, 0.2) is 24.6 Å². The number of carbonyl (C=O) groups is 5. The minimum absolute atomic E-state index is 0.121. The first-order chi connectivity index (χ1) is 20.5. The second-order valence-electron chi connectivity index (χ2n) is 8.88. The highest BCUT2D eigenvalue weighted by Gasteiger charge is 2.40. The van der Waals surface area contributed by atoms with Gasteiger partial charge >= 0.3 is 23.9 Å². The Balaban J connectivity index is 1.67. The summed E-state index contributed by atoms with van der Waals surface area (Å²) in [6, 6.07) is 31.7. The van der Waals surface area contributed by atoms with E-state index in [1.807, 2.05) is 0 Å². The van der Waals surface area contributed by atoms with Crippen molar-refractivity contribution >= 4 is 30.2 Å². The highest BCUT2D eigenvalue weighted by Crippen LogP contribution is 2.19. The summed E-state index contributed by atoms with van der Waals surface area (Å²) in [5, 5.41) is 0. The molecule has 0 heterocycles. The average Bonchev–Trinajstić information content (AvgIpc) is 3.05. The second-order valence-corrected chi connectivity index (χ2v) is 8.88. The van der Waals surface area contributed by atoms with Gasteiger partial charge in [-0.25, -0.2) is 19.2 Å². The van der Waals surface area contributed by atoms with Crippen molar-refractivity contribution in [3.63, 3.8) is 0 Å².